The van der Waals surface area contributed by atoms with Gasteiger partial charge >= 0.3 is 0 Å². The zero-order valence-electron chi connectivity index (χ0n) is 6.85. The molecule has 0 saturated carbocycles. The van der Waals surface area contributed by atoms with E-state index in [9.17, 15) is 0 Å². The van der Waals surface area contributed by atoms with Crippen molar-refractivity contribution >= 4 is 22.6 Å². The normalized spacial score (nSPS) is 37.9. The van der Waals surface area contributed by atoms with Gasteiger partial charge in [-0.3, -0.25) is 0 Å². The summed E-state index contributed by atoms with van der Waals surface area (Å²) in [7, 11) is 0. The number of aliphatic hydroxyl groups is 1. The minimum atomic E-state index is 0.0792. The van der Waals surface area contributed by atoms with Crippen molar-refractivity contribution in [3.8, 4) is 0 Å². The van der Waals surface area contributed by atoms with Crippen LogP contribution in [0, 0.1) is 5.41 Å². The van der Waals surface area contributed by atoms with Crippen molar-refractivity contribution in [2.24, 2.45) is 5.41 Å². The topological polar surface area (TPSA) is 29.5 Å². The van der Waals surface area contributed by atoms with Gasteiger partial charge in [-0.05, 0) is 12.8 Å². The molecule has 1 rings (SSSR count). The van der Waals surface area contributed by atoms with E-state index < -0.39 is 0 Å². The fraction of sp³-hybridized carbons (Fsp3) is 1.00. The van der Waals surface area contributed by atoms with Gasteiger partial charge in [-0.2, -0.15) is 0 Å². The Labute approximate surface area is 81.5 Å². The standard InChI is InChI=1S/C8H15IO2/c1-2-8(5-10)3-7(4-9)11-6-8/h7,10H,2-6H2,1H3. The Morgan fingerprint density at radius 2 is 2.45 bits per heavy atom. The van der Waals surface area contributed by atoms with Crippen molar-refractivity contribution in [2.75, 3.05) is 17.6 Å². The number of rotatable bonds is 3. The molecule has 0 bridgehead atoms. The Morgan fingerprint density at radius 1 is 1.73 bits per heavy atom. The van der Waals surface area contributed by atoms with Gasteiger partial charge in [0.25, 0.3) is 0 Å². The maximum absolute atomic E-state index is 9.15. The van der Waals surface area contributed by atoms with Gasteiger partial charge < -0.3 is 9.84 Å². The highest BCUT2D eigenvalue weighted by Gasteiger charge is 2.37. The Hall–Kier alpha value is 0.650. The first-order valence-electron chi connectivity index (χ1n) is 4.05. The minimum Gasteiger partial charge on any atom is -0.396 e. The van der Waals surface area contributed by atoms with Gasteiger partial charge in [0, 0.05) is 9.84 Å². The number of hydrogen-bond acceptors (Lipinski definition) is 2. The molecule has 3 heteroatoms. The molecule has 66 valence electrons. The maximum Gasteiger partial charge on any atom is 0.0671 e. The third-order valence-corrected chi connectivity index (χ3v) is 3.53. The third kappa shape index (κ3) is 2.06. The second kappa shape index (κ2) is 4.05. The van der Waals surface area contributed by atoms with Gasteiger partial charge in [-0.15, -0.1) is 0 Å². The van der Waals surface area contributed by atoms with E-state index in [0.29, 0.717) is 6.10 Å². The highest BCUT2D eigenvalue weighted by Crippen LogP contribution is 2.35. The molecular weight excluding hydrogens is 255 g/mol. The molecule has 0 aromatic rings. The van der Waals surface area contributed by atoms with E-state index in [1.165, 1.54) is 0 Å². The monoisotopic (exact) mass is 270 g/mol. The molecule has 0 aromatic heterocycles. The molecule has 2 nitrogen and oxygen atoms in total. The quantitative estimate of drug-likeness (QED) is 0.623. The van der Waals surface area contributed by atoms with Crippen LogP contribution in [0.4, 0.5) is 0 Å². The summed E-state index contributed by atoms with van der Waals surface area (Å²) >= 11 is 2.33. The zero-order valence-corrected chi connectivity index (χ0v) is 9.00. The summed E-state index contributed by atoms with van der Waals surface area (Å²) in [6.45, 7) is 3.14. The molecule has 1 fully saturated rings. The molecule has 0 aliphatic carbocycles. The minimum absolute atomic E-state index is 0.0792. The summed E-state index contributed by atoms with van der Waals surface area (Å²) in [6.07, 6.45) is 2.43. The van der Waals surface area contributed by atoms with Gasteiger partial charge in [-0.25, -0.2) is 0 Å². The van der Waals surface area contributed by atoms with Crippen LogP contribution in [-0.2, 0) is 4.74 Å². The summed E-state index contributed by atoms with van der Waals surface area (Å²) in [5.41, 5.74) is 0.0792. The molecule has 1 heterocycles. The summed E-state index contributed by atoms with van der Waals surface area (Å²) in [6, 6.07) is 0. The SMILES string of the molecule is CCC1(CO)COC(CI)C1. The zero-order chi connectivity index (χ0) is 8.32. The molecule has 0 spiro atoms. The lowest BCUT2D eigenvalue weighted by Gasteiger charge is -2.22. The van der Waals surface area contributed by atoms with Crippen LogP contribution in [0.15, 0.2) is 0 Å². The van der Waals surface area contributed by atoms with Crippen molar-refractivity contribution in [1.82, 2.24) is 0 Å². The molecule has 1 saturated heterocycles. The van der Waals surface area contributed by atoms with E-state index in [1.54, 1.807) is 0 Å². The Balaban J connectivity index is 2.48. The molecule has 1 N–H and O–H groups in total. The van der Waals surface area contributed by atoms with Crippen molar-refractivity contribution in [3.63, 3.8) is 0 Å². The molecule has 0 amide bonds. The summed E-state index contributed by atoms with van der Waals surface area (Å²) in [5, 5.41) is 9.15. The molecule has 1 aliphatic rings. The molecule has 0 aromatic carbocycles. The van der Waals surface area contributed by atoms with Crippen LogP contribution in [0.3, 0.4) is 0 Å². The van der Waals surface area contributed by atoms with E-state index in [0.717, 1.165) is 23.9 Å². The van der Waals surface area contributed by atoms with Gasteiger partial charge in [0.2, 0.25) is 0 Å². The largest absolute Gasteiger partial charge is 0.396 e. The molecule has 1 aliphatic heterocycles. The molecular formula is C8H15IO2. The van der Waals surface area contributed by atoms with Crippen LogP contribution < -0.4 is 0 Å². The van der Waals surface area contributed by atoms with E-state index in [4.69, 9.17) is 9.84 Å². The fourth-order valence-corrected chi connectivity index (χ4v) is 2.03. The number of aliphatic hydroxyl groups excluding tert-OH is 1. The maximum atomic E-state index is 9.15. The average molecular weight is 270 g/mol. The average Bonchev–Trinajstić information content (AvgIpc) is 2.49. The van der Waals surface area contributed by atoms with Crippen LogP contribution >= 0.6 is 22.6 Å². The molecule has 0 radical (unpaired) electrons. The predicted molar refractivity (Wildman–Crippen MR) is 53.1 cm³/mol. The predicted octanol–water partition coefficient (Wildman–Crippen LogP) is 1.60. The van der Waals surface area contributed by atoms with E-state index in [-0.39, 0.29) is 12.0 Å². The first kappa shape index (κ1) is 9.74. The second-order valence-electron chi connectivity index (χ2n) is 3.30. The van der Waals surface area contributed by atoms with Crippen LogP contribution in [-0.4, -0.2) is 28.9 Å². The Bertz CT molecular complexity index is 123. The van der Waals surface area contributed by atoms with Crippen molar-refractivity contribution in [1.29, 1.82) is 0 Å². The lowest BCUT2D eigenvalue weighted by molar-refractivity contribution is 0.0770. The van der Waals surface area contributed by atoms with Gasteiger partial charge in [0.05, 0.1) is 19.3 Å². The Morgan fingerprint density at radius 3 is 2.73 bits per heavy atom. The fourth-order valence-electron chi connectivity index (χ4n) is 1.46. The number of ether oxygens (including phenoxy) is 1. The highest BCUT2D eigenvalue weighted by atomic mass is 127. The molecule has 11 heavy (non-hydrogen) atoms. The number of hydrogen-bond donors (Lipinski definition) is 1. The van der Waals surface area contributed by atoms with Gasteiger partial charge in [-0.1, -0.05) is 29.5 Å². The Kier molecular flexibility index (Phi) is 3.58. The highest BCUT2D eigenvalue weighted by molar-refractivity contribution is 14.1. The van der Waals surface area contributed by atoms with E-state index in [2.05, 4.69) is 29.5 Å². The lowest BCUT2D eigenvalue weighted by atomic mass is 9.84. The number of alkyl halides is 1. The molecule has 2 unspecified atom stereocenters. The van der Waals surface area contributed by atoms with Crippen LogP contribution in [0.25, 0.3) is 0 Å². The van der Waals surface area contributed by atoms with Crippen LogP contribution in [0.5, 0.6) is 0 Å². The van der Waals surface area contributed by atoms with Gasteiger partial charge in [0.1, 0.15) is 0 Å². The third-order valence-electron chi connectivity index (χ3n) is 2.54. The van der Waals surface area contributed by atoms with E-state index >= 15 is 0 Å². The van der Waals surface area contributed by atoms with Crippen molar-refractivity contribution in [2.45, 2.75) is 25.9 Å². The first-order valence-corrected chi connectivity index (χ1v) is 5.57. The number of halogens is 1. The van der Waals surface area contributed by atoms with E-state index in [1.807, 2.05) is 0 Å². The van der Waals surface area contributed by atoms with Gasteiger partial charge in [0.15, 0.2) is 0 Å². The lowest BCUT2D eigenvalue weighted by Crippen LogP contribution is -2.25. The first-order chi connectivity index (χ1) is 5.26. The summed E-state index contributed by atoms with van der Waals surface area (Å²) in [4.78, 5) is 0. The summed E-state index contributed by atoms with van der Waals surface area (Å²) in [5.74, 6) is 0. The molecule has 2 atom stereocenters. The second-order valence-corrected chi connectivity index (χ2v) is 4.18. The smallest absolute Gasteiger partial charge is 0.0671 e. The van der Waals surface area contributed by atoms with Crippen molar-refractivity contribution < 1.29 is 9.84 Å². The van der Waals surface area contributed by atoms with Crippen LogP contribution in [0.2, 0.25) is 0 Å². The van der Waals surface area contributed by atoms with Crippen LogP contribution in [0.1, 0.15) is 19.8 Å². The summed E-state index contributed by atoms with van der Waals surface area (Å²) < 4.78 is 6.57. The van der Waals surface area contributed by atoms with Crippen molar-refractivity contribution in [3.05, 3.63) is 0 Å².